The molecule has 0 aromatic rings. The Bertz CT molecular complexity index is 186. The Balaban J connectivity index is 3.57. The average Bonchev–Trinajstić information content (AvgIpc) is 2.38. The Morgan fingerprint density at radius 3 is 1.94 bits per heavy atom. The maximum absolute atomic E-state index is 12.1. The summed E-state index contributed by atoms with van der Waals surface area (Å²) in [6.07, 6.45) is 14.4. The van der Waals surface area contributed by atoms with Crippen LogP contribution in [0.25, 0.3) is 0 Å². The minimum absolute atomic E-state index is 0.354. The van der Waals surface area contributed by atoms with Crippen molar-refractivity contribution in [2.24, 2.45) is 5.92 Å². The Hall–Kier alpha value is -0.330. The molecule has 1 atom stereocenters. The highest BCUT2D eigenvalue weighted by Crippen LogP contribution is 2.18. The van der Waals surface area contributed by atoms with Crippen LogP contribution in [-0.4, -0.2) is 5.78 Å². The summed E-state index contributed by atoms with van der Waals surface area (Å²) < 4.78 is 0. The van der Waals surface area contributed by atoms with Crippen LogP contribution in [0, 0.1) is 5.92 Å². The lowest BCUT2D eigenvalue weighted by Gasteiger charge is -2.13. The van der Waals surface area contributed by atoms with Gasteiger partial charge in [0.1, 0.15) is 5.78 Å². The van der Waals surface area contributed by atoms with E-state index < -0.39 is 0 Å². The van der Waals surface area contributed by atoms with Gasteiger partial charge in [-0.3, -0.25) is 4.79 Å². The van der Waals surface area contributed by atoms with Crippen molar-refractivity contribution in [2.75, 3.05) is 0 Å². The number of carbonyl (C=O) groups excluding carboxylic acids is 1. The van der Waals surface area contributed by atoms with Crippen molar-refractivity contribution in [3.63, 3.8) is 0 Å². The Kier molecular flexibility index (Phi) is 12.9. The first-order chi connectivity index (χ1) is 8.76. The van der Waals surface area contributed by atoms with E-state index in [1.54, 1.807) is 0 Å². The molecule has 0 aliphatic rings. The lowest BCUT2D eigenvalue weighted by Crippen LogP contribution is -2.13. The molecule has 0 bridgehead atoms. The molecule has 1 unspecified atom stereocenters. The fraction of sp³-hybridized carbons (Fsp3) is 0.941. The van der Waals surface area contributed by atoms with Crippen molar-refractivity contribution in [1.82, 2.24) is 0 Å². The van der Waals surface area contributed by atoms with Gasteiger partial charge < -0.3 is 0 Å². The van der Waals surface area contributed by atoms with Gasteiger partial charge in [0.15, 0.2) is 0 Å². The number of unbranched alkanes of at least 4 members (excludes halogenated alkanes) is 7. The van der Waals surface area contributed by atoms with Crippen LogP contribution in [-0.2, 0) is 4.79 Å². The number of carbonyl (C=O) groups is 1. The van der Waals surface area contributed by atoms with Gasteiger partial charge in [0.2, 0.25) is 0 Å². The average molecular weight is 254 g/mol. The summed E-state index contributed by atoms with van der Waals surface area (Å²) in [7, 11) is 0. The highest BCUT2D eigenvalue weighted by molar-refractivity contribution is 5.80. The van der Waals surface area contributed by atoms with Gasteiger partial charge in [-0.1, -0.05) is 72.1 Å². The van der Waals surface area contributed by atoms with E-state index in [0.717, 1.165) is 25.7 Å². The monoisotopic (exact) mass is 254 g/mol. The molecule has 0 saturated carbocycles. The maximum atomic E-state index is 12.1. The zero-order valence-corrected chi connectivity index (χ0v) is 13.0. The van der Waals surface area contributed by atoms with Crippen LogP contribution >= 0.6 is 0 Å². The zero-order valence-electron chi connectivity index (χ0n) is 13.0. The van der Waals surface area contributed by atoms with Crippen molar-refractivity contribution < 1.29 is 4.79 Å². The molecule has 0 spiro atoms. The first kappa shape index (κ1) is 17.7. The predicted molar refractivity (Wildman–Crippen MR) is 80.9 cm³/mol. The Labute approximate surface area is 115 Å². The molecule has 1 heteroatoms. The minimum atomic E-state index is 0.354. The molecular formula is C17H34O. The van der Waals surface area contributed by atoms with Crippen LogP contribution in [0.2, 0.25) is 0 Å². The van der Waals surface area contributed by atoms with Crippen LogP contribution in [0.4, 0.5) is 0 Å². The smallest absolute Gasteiger partial charge is 0.135 e. The van der Waals surface area contributed by atoms with Crippen molar-refractivity contribution in [1.29, 1.82) is 0 Å². The fourth-order valence-corrected chi connectivity index (χ4v) is 2.52. The van der Waals surface area contributed by atoms with Crippen LogP contribution in [0.1, 0.15) is 97.8 Å². The number of rotatable bonds is 13. The minimum Gasteiger partial charge on any atom is -0.299 e. The van der Waals surface area contributed by atoms with E-state index in [1.807, 2.05) is 0 Å². The SMILES string of the molecule is CCCCCCCCC(=O)C(CC)CCCCC. The van der Waals surface area contributed by atoms with Crippen molar-refractivity contribution >= 4 is 5.78 Å². The van der Waals surface area contributed by atoms with E-state index in [1.165, 1.54) is 51.4 Å². The summed E-state index contributed by atoms with van der Waals surface area (Å²) in [5, 5.41) is 0. The zero-order chi connectivity index (χ0) is 13.6. The molecule has 0 heterocycles. The van der Waals surface area contributed by atoms with Gasteiger partial charge in [0.25, 0.3) is 0 Å². The molecule has 1 nitrogen and oxygen atoms in total. The van der Waals surface area contributed by atoms with Crippen LogP contribution in [0.15, 0.2) is 0 Å². The molecule has 0 aliphatic heterocycles. The van der Waals surface area contributed by atoms with Gasteiger partial charge in [-0.05, 0) is 19.3 Å². The summed E-state index contributed by atoms with van der Waals surface area (Å²) >= 11 is 0. The summed E-state index contributed by atoms with van der Waals surface area (Å²) in [5.74, 6) is 0.885. The van der Waals surface area contributed by atoms with E-state index in [2.05, 4.69) is 20.8 Å². The van der Waals surface area contributed by atoms with Gasteiger partial charge in [0.05, 0.1) is 0 Å². The van der Waals surface area contributed by atoms with Crippen molar-refractivity contribution in [3.8, 4) is 0 Å². The normalized spacial score (nSPS) is 12.6. The largest absolute Gasteiger partial charge is 0.299 e. The van der Waals surface area contributed by atoms with E-state index in [4.69, 9.17) is 0 Å². The molecule has 0 fully saturated rings. The van der Waals surface area contributed by atoms with Gasteiger partial charge in [-0.25, -0.2) is 0 Å². The lowest BCUT2D eigenvalue weighted by atomic mass is 9.91. The summed E-state index contributed by atoms with van der Waals surface area (Å²) in [5.41, 5.74) is 0. The molecule has 18 heavy (non-hydrogen) atoms. The summed E-state index contributed by atoms with van der Waals surface area (Å²) in [6.45, 7) is 6.63. The molecule has 0 aliphatic carbocycles. The molecule has 0 rings (SSSR count). The van der Waals surface area contributed by atoms with E-state index >= 15 is 0 Å². The third kappa shape index (κ3) is 9.67. The third-order valence-electron chi connectivity index (χ3n) is 3.88. The highest BCUT2D eigenvalue weighted by Gasteiger charge is 2.14. The predicted octanol–water partition coefficient (Wildman–Crippen LogP) is 5.91. The van der Waals surface area contributed by atoms with E-state index in [0.29, 0.717) is 11.7 Å². The molecule has 0 radical (unpaired) electrons. The van der Waals surface area contributed by atoms with Crippen molar-refractivity contribution in [3.05, 3.63) is 0 Å². The van der Waals surface area contributed by atoms with E-state index in [-0.39, 0.29) is 0 Å². The Morgan fingerprint density at radius 2 is 1.33 bits per heavy atom. The number of hydrogen-bond donors (Lipinski definition) is 0. The number of hydrogen-bond acceptors (Lipinski definition) is 1. The van der Waals surface area contributed by atoms with Crippen LogP contribution < -0.4 is 0 Å². The van der Waals surface area contributed by atoms with Gasteiger partial charge in [-0.2, -0.15) is 0 Å². The highest BCUT2D eigenvalue weighted by atomic mass is 16.1. The van der Waals surface area contributed by atoms with Gasteiger partial charge in [-0.15, -0.1) is 0 Å². The van der Waals surface area contributed by atoms with Gasteiger partial charge in [0, 0.05) is 12.3 Å². The molecule has 108 valence electrons. The molecule has 0 amide bonds. The summed E-state index contributed by atoms with van der Waals surface area (Å²) in [4.78, 5) is 12.1. The maximum Gasteiger partial charge on any atom is 0.135 e. The molecular weight excluding hydrogens is 220 g/mol. The third-order valence-corrected chi connectivity index (χ3v) is 3.88. The molecule has 0 aromatic carbocycles. The quantitative estimate of drug-likeness (QED) is 0.373. The fourth-order valence-electron chi connectivity index (χ4n) is 2.52. The first-order valence-corrected chi connectivity index (χ1v) is 8.28. The topological polar surface area (TPSA) is 17.1 Å². The second-order valence-corrected chi connectivity index (χ2v) is 5.59. The molecule has 0 N–H and O–H groups in total. The molecule has 0 saturated heterocycles. The Morgan fingerprint density at radius 1 is 0.778 bits per heavy atom. The second-order valence-electron chi connectivity index (χ2n) is 5.59. The van der Waals surface area contributed by atoms with Crippen molar-refractivity contribution in [2.45, 2.75) is 97.8 Å². The number of Topliss-reactive ketones (excluding diaryl/α,β-unsaturated/α-hetero) is 1. The van der Waals surface area contributed by atoms with Gasteiger partial charge >= 0.3 is 0 Å². The number of ketones is 1. The van der Waals surface area contributed by atoms with Crippen LogP contribution in [0.3, 0.4) is 0 Å². The molecule has 0 aromatic heterocycles. The van der Waals surface area contributed by atoms with E-state index in [9.17, 15) is 4.79 Å². The standard InChI is InChI=1S/C17H34O/c1-4-7-9-10-11-13-15-17(18)16(6-3)14-12-8-5-2/h16H,4-15H2,1-3H3. The summed E-state index contributed by atoms with van der Waals surface area (Å²) in [6, 6.07) is 0. The second kappa shape index (κ2) is 13.1. The lowest BCUT2D eigenvalue weighted by molar-refractivity contribution is -0.123. The van der Waals surface area contributed by atoms with Crippen LogP contribution in [0.5, 0.6) is 0 Å². The first-order valence-electron chi connectivity index (χ1n) is 8.28.